The van der Waals surface area contributed by atoms with E-state index >= 15 is 0 Å². The predicted octanol–water partition coefficient (Wildman–Crippen LogP) is 17.8. The maximum Gasteiger partial charge on any atom is 0.331 e. The minimum Gasteiger partial charge on any atom is -0.490 e. The number of halogens is 3. The van der Waals surface area contributed by atoms with E-state index in [9.17, 15) is 46.5 Å². The highest BCUT2D eigenvalue weighted by Crippen LogP contribution is 2.53. The van der Waals surface area contributed by atoms with E-state index in [2.05, 4.69) is 95.0 Å². The second-order valence-electron chi connectivity index (χ2n) is 40.2. The zero-order chi connectivity index (χ0) is 96.7. The van der Waals surface area contributed by atoms with Crippen LogP contribution in [0, 0.1) is 35.5 Å². The third-order valence-corrected chi connectivity index (χ3v) is 38.9. The van der Waals surface area contributed by atoms with Crippen LogP contribution in [0.2, 0.25) is 15.1 Å². The molecule has 18 atom stereocenters. The number of allylic oxidation sites excluding steroid dienone is 2. The molecule has 12 aliphatic rings. The van der Waals surface area contributed by atoms with E-state index in [0.29, 0.717) is 124 Å². The summed E-state index contributed by atoms with van der Waals surface area (Å²) in [6.07, 6.45) is 30.0. The Bertz CT molecular complexity index is 5880. The van der Waals surface area contributed by atoms with Gasteiger partial charge in [0.15, 0.2) is 0 Å². The molecule has 4 N–H and O–H groups in total. The van der Waals surface area contributed by atoms with Crippen molar-refractivity contribution in [3.8, 4) is 17.2 Å². The normalized spacial score (nSPS) is 31.8. The summed E-state index contributed by atoms with van der Waals surface area (Å²) in [4.78, 5) is 83.6. The predicted molar refractivity (Wildman–Crippen MR) is 546 cm³/mol. The molecule has 137 heavy (non-hydrogen) atoms. The molecule has 3 spiro atoms. The molecular formula is C107H135Cl3N6O18S3. The number of aliphatic carboxylic acids is 1. The van der Waals surface area contributed by atoms with Gasteiger partial charge in [-0.05, 0) is 332 Å². The average Bonchev–Trinajstić information content (AvgIpc) is 1.67. The van der Waals surface area contributed by atoms with Gasteiger partial charge in [0.2, 0.25) is 0 Å². The molecule has 6 aliphatic carbocycles. The van der Waals surface area contributed by atoms with Crippen molar-refractivity contribution in [3.63, 3.8) is 0 Å². The zero-order valence-electron chi connectivity index (χ0n) is 79.7. The first-order chi connectivity index (χ1) is 65.8. The molecule has 3 amide bonds. The molecular weight excluding hydrogens is 1860 g/mol. The van der Waals surface area contributed by atoms with Crippen LogP contribution < -0.4 is 43.1 Å². The quantitative estimate of drug-likeness (QED) is 0.0503. The van der Waals surface area contributed by atoms with E-state index in [1.807, 2.05) is 87.5 Å². The van der Waals surface area contributed by atoms with Crippen LogP contribution in [0.4, 0.5) is 17.1 Å². The van der Waals surface area contributed by atoms with Gasteiger partial charge in [0.1, 0.15) is 37.1 Å². The minimum absolute atomic E-state index is 0.0626. The Hall–Kier alpha value is -8.77. The van der Waals surface area contributed by atoms with Gasteiger partial charge in [0.25, 0.3) is 17.7 Å². The molecule has 6 aromatic rings. The number of nitrogens with zero attached hydrogens (tertiary/aromatic N) is 3. The van der Waals surface area contributed by atoms with E-state index in [1.54, 1.807) is 18.2 Å². The number of nitrogens with one attached hydrogen (secondary N) is 3. The van der Waals surface area contributed by atoms with E-state index in [0.717, 1.165) is 185 Å². The minimum atomic E-state index is -2.94. The lowest BCUT2D eigenvalue weighted by Gasteiger charge is -2.46. The molecule has 6 heterocycles. The second kappa shape index (κ2) is 43.8. The van der Waals surface area contributed by atoms with Crippen LogP contribution in [0.1, 0.15) is 233 Å². The molecule has 6 aliphatic heterocycles. The lowest BCUT2D eigenvalue weighted by Crippen LogP contribution is -2.50. The number of ether oxygens (including phenoxy) is 8. The van der Waals surface area contributed by atoms with Crippen LogP contribution in [0.3, 0.4) is 0 Å². The molecule has 6 aromatic carbocycles. The average molecular weight is 2000 g/mol. The van der Waals surface area contributed by atoms with Crippen LogP contribution in [-0.4, -0.2) is 198 Å². The Labute approximate surface area is 824 Å². The smallest absolute Gasteiger partial charge is 0.331 e. The fourth-order valence-corrected chi connectivity index (χ4v) is 29.3. The standard InChI is InChI=1S/C36H47ClN2O6S.C36H45ClN2O6S.C35H43ClN2O6S/c2*1-4-28-9-5-6-10-32(44-21-34(40)43-2)29-14-11-26(29)20-39-22-36(17-7-8-24-18-27(37)13-15-30(24)36)23-45-33-16-12-25(19-31(33)39)35(41)38-46(28,3)42;1-3-27-8-4-5-9-31(43-20-33(39)40)28-13-10-25(28)19-38-21-35(16-6-7-23-17-26(36)12-14-29(23)35)22-44-32-15-11-24(18-30(32)38)34(41)37-45(27,2)42/h12-13,15-16,18-19,26,28-29,32H,3-11,14,17,20-23H2,1-2H3,(H,38,41,42);6,10,12-13,15-16,18-19,26,28-29,32H,3-5,7-9,11,14,17,20-23H2,1-2H3,(H,38,41,42);5,9,11-12,14-15,17-18,25,27-28,31H,2-4,6-8,10,13,16,19-22H2,1H3,(H,39,40)(H,37,41,42)/b;10-6+;9-5+/t2*26-,28+,29+,32-,36-,46?;25-,27+,28+,31-,35-,45?/m000/s1. The molecule has 3 saturated carbocycles. The van der Waals surface area contributed by atoms with E-state index in [4.69, 9.17) is 72.7 Å². The number of carbonyl (C=O) groups excluding carboxylic acids is 5. The molecule has 0 aromatic heterocycles. The third kappa shape index (κ3) is 22.9. The Kier molecular flexibility index (Phi) is 32.3. The number of aryl methyl sites for hydroxylation is 3. The molecule has 3 unspecified atom stereocenters. The molecule has 0 saturated heterocycles. The lowest BCUT2D eigenvalue weighted by molar-refractivity contribution is -0.151. The van der Waals surface area contributed by atoms with Crippen LogP contribution in [0.25, 0.3) is 0 Å². The van der Waals surface area contributed by atoms with Gasteiger partial charge in [0, 0.05) is 103 Å². The Morgan fingerprint density at radius 2 is 0.781 bits per heavy atom. The molecule has 24 nitrogen and oxygen atoms in total. The fourth-order valence-electron chi connectivity index (χ4n) is 23.8. The fraction of sp³-hybridized carbons (Fsp3) is 0.542. The molecule has 18 rings (SSSR count). The van der Waals surface area contributed by atoms with E-state index < -0.39 is 52.9 Å². The third-order valence-electron chi connectivity index (χ3n) is 31.7. The Balaban J connectivity index is 0.000000149. The highest BCUT2D eigenvalue weighted by Gasteiger charge is 2.50. The van der Waals surface area contributed by atoms with Crippen LogP contribution in [0.15, 0.2) is 133 Å². The van der Waals surface area contributed by atoms with E-state index in [1.165, 1.54) is 47.6 Å². The maximum atomic E-state index is 13.8. The van der Waals surface area contributed by atoms with Crippen LogP contribution in [0.5, 0.6) is 17.2 Å². The number of fused-ring (bicyclic) bond motifs is 12. The van der Waals surface area contributed by atoms with Gasteiger partial charge in [-0.25, -0.2) is 27.0 Å². The number of benzene rings is 6. The number of carboxylic acid groups (broad SMARTS) is 1. The van der Waals surface area contributed by atoms with Gasteiger partial charge >= 0.3 is 17.9 Å². The molecule has 0 radical (unpaired) electrons. The van der Waals surface area contributed by atoms with Crippen molar-refractivity contribution in [2.24, 2.45) is 35.5 Å². The SMILES string of the molecule is C=S1(=O)NC(=O)c2ccc3c(c2)N(C[C@@H]2CC[C@H]2[C@@H](OCC(=O)O)/C=C/CC[C@H]1CC)C[C@@]1(CCCc2cc(Cl)ccc21)CO3.C=S1(=O)NC(=O)c2ccc3c(c2)N(C[C@@H]2CC[C@H]2[C@@H](OCC(=O)OC)/C=C/CC[C@H]1CC)C[C@@]1(CCCc2cc(Cl)ccc21)CO3.C=S1(=O)NC(=O)c2ccc3c(c2)N(C[C@@H]2CC[C@H]2[C@@H](OCC(=O)OC)CCCC[C@H]1CC)C[C@@]1(CCCc2cc(Cl)ccc21)CO3. The first-order valence-electron chi connectivity index (χ1n) is 49.3. The number of hydrogen-bond acceptors (Lipinski definition) is 20. The maximum absolute atomic E-state index is 13.8. The van der Waals surface area contributed by atoms with Crippen LogP contribution >= 0.6 is 34.8 Å². The summed E-state index contributed by atoms with van der Waals surface area (Å²) < 4.78 is 97.7. The number of rotatable bonds is 12. The Morgan fingerprint density at radius 1 is 0.438 bits per heavy atom. The van der Waals surface area contributed by atoms with Crippen molar-refractivity contribution < 1.29 is 84.4 Å². The number of hydrogen-bond donors (Lipinski definition) is 4. The molecule has 6 bridgehead atoms. The summed E-state index contributed by atoms with van der Waals surface area (Å²) in [5.74, 6) is 12.8. The first kappa shape index (κ1) is 101. The van der Waals surface area contributed by atoms with Gasteiger partial charge in [0.05, 0.1) is 98.5 Å². The highest BCUT2D eigenvalue weighted by molar-refractivity contribution is 8.00. The molecule has 30 heteroatoms. The van der Waals surface area contributed by atoms with Crippen molar-refractivity contribution in [2.75, 3.05) is 108 Å². The second-order valence-corrected chi connectivity index (χ2v) is 48.4. The largest absolute Gasteiger partial charge is 0.490 e. The lowest BCUT2D eigenvalue weighted by atomic mass is 9.68. The summed E-state index contributed by atoms with van der Waals surface area (Å²) >= 11 is 19.3. The number of anilines is 3. The van der Waals surface area contributed by atoms with Crippen molar-refractivity contribution in [1.82, 2.24) is 14.2 Å². The Morgan fingerprint density at radius 3 is 1.12 bits per heavy atom. The number of carboxylic acids is 1. The number of esters is 2. The highest BCUT2D eigenvalue weighted by atomic mass is 35.5. The van der Waals surface area contributed by atoms with Gasteiger partial charge in [-0.2, -0.15) is 0 Å². The van der Waals surface area contributed by atoms with Gasteiger partial charge in [-0.15, -0.1) is 0 Å². The van der Waals surface area contributed by atoms with Crippen molar-refractivity contribution in [1.29, 1.82) is 0 Å². The van der Waals surface area contributed by atoms with E-state index in [-0.39, 0.29) is 99.8 Å². The summed E-state index contributed by atoms with van der Waals surface area (Å²) in [5.41, 5.74) is 10.7. The summed E-state index contributed by atoms with van der Waals surface area (Å²) in [5, 5.41) is 10.8. The topological polar surface area (TPSA) is 294 Å². The van der Waals surface area contributed by atoms with Gasteiger partial charge in [-0.3, -0.25) is 28.5 Å². The first-order valence-corrected chi connectivity index (χ1v) is 55.8. The number of carbonyl (C=O) groups is 6. The summed E-state index contributed by atoms with van der Waals surface area (Å²) in [6, 6.07) is 35.2. The summed E-state index contributed by atoms with van der Waals surface area (Å²) in [6.45, 7) is 11.3. The monoisotopic (exact) mass is 1990 g/mol. The van der Waals surface area contributed by atoms with Crippen LogP contribution in [-0.2, 0) is 103 Å². The molecule has 740 valence electrons. The zero-order valence-corrected chi connectivity index (χ0v) is 84.4. The van der Waals surface area contributed by atoms with Crippen molar-refractivity contribution in [2.45, 2.75) is 238 Å². The van der Waals surface area contributed by atoms with Gasteiger partial charge in [-0.1, -0.05) is 111 Å². The number of amides is 3. The van der Waals surface area contributed by atoms with Crippen molar-refractivity contribution >= 4 is 134 Å². The number of methoxy groups -OCH3 is 2. The summed E-state index contributed by atoms with van der Waals surface area (Å²) in [7, 11) is -6.01. The molecule has 3 fully saturated rings. The van der Waals surface area contributed by atoms with Gasteiger partial charge < -0.3 is 57.7 Å². The van der Waals surface area contributed by atoms with Crippen molar-refractivity contribution in [3.05, 3.63) is 199 Å².